The van der Waals surface area contributed by atoms with E-state index in [1.165, 1.54) is 23.5 Å². The number of sulfonamides is 1. The zero-order valence-electron chi connectivity index (χ0n) is 11.8. The fraction of sp³-hybridized carbons (Fsp3) is 0.538. The highest BCUT2D eigenvalue weighted by atomic mass is 35.5. The average molecular weight is 319 g/mol. The largest absolute Gasteiger partial charge is 0.495 e. The molecular formula is C13H19ClN2O3S. The van der Waals surface area contributed by atoms with Gasteiger partial charge in [0.25, 0.3) is 0 Å². The summed E-state index contributed by atoms with van der Waals surface area (Å²) in [5.41, 5.74) is -0.469. The number of nitrogens with zero attached hydrogens (tertiary/aromatic N) is 1. The molecule has 1 saturated heterocycles. The molecule has 0 radical (unpaired) electrons. The first kappa shape index (κ1) is 15.6. The number of nitrogens with one attached hydrogen (secondary N) is 1. The first-order chi connectivity index (χ1) is 9.29. The van der Waals surface area contributed by atoms with Crippen LogP contribution in [0.15, 0.2) is 23.1 Å². The SMILES string of the molecule is COc1ccc(S(=O)(=O)N2CCNCC2(C)C)cc1Cl. The normalized spacial score (nSPS) is 19.8. The van der Waals surface area contributed by atoms with Crippen molar-refractivity contribution >= 4 is 21.6 Å². The van der Waals surface area contributed by atoms with Crippen LogP contribution < -0.4 is 10.1 Å². The van der Waals surface area contributed by atoms with Crippen molar-refractivity contribution in [2.24, 2.45) is 0 Å². The lowest BCUT2D eigenvalue weighted by Crippen LogP contribution is -2.59. The Bertz CT molecular complexity index is 602. The lowest BCUT2D eigenvalue weighted by molar-refractivity contribution is 0.186. The third-order valence-electron chi connectivity index (χ3n) is 3.44. The summed E-state index contributed by atoms with van der Waals surface area (Å²) in [6.45, 7) is 5.52. The van der Waals surface area contributed by atoms with E-state index < -0.39 is 15.6 Å². The van der Waals surface area contributed by atoms with Crippen molar-refractivity contribution in [2.45, 2.75) is 24.3 Å². The fourth-order valence-electron chi connectivity index (χ4n) is 2.35. The molecule has 0 aromatic heterocycles. The van der Waals surface area contributed by atoms with Gasteiger partial charge in [-0.1, -0.05) is 11.6 Å². The van der Waals surface area contributed by atoms with Gasteiger partial charge in [0, 0.05) is 25.2 Å². The molecule has 112 valence electrons. The van der Waals surface area contributed by atoms with Crippen molar-refractivity contribution < 1.29 is 13.2 Å². The van der Waals surface area contributed by atoms with E-state index in [4.69, 9.17) is 16.3 Å². The molecule has 0 aliphatic carbocycles. The summed E-state index contributed by atoms with van der Waals surface area (Å²) in [6.07, 6.45) is 0. The minimum Gasteiger partial charge on any atom is -0.495 e. The zero-order valence-corrected chi connectivity index (χ0v) is 13.4. The van der Waals surface area contributed by atoms with Gasteiger partial charge in [-0.3, -0.25) is 0 Å². The van der Waals surface area contributed by atoms with Crippen LogP contribution in [0.25, 0.3) is 0 Å². The molecular weight excluding hydrogens is 300 g/mol. The highest BCUT2D eigenvalue weighted by Gasteiger charge is 2.39. The minimum absolute atomic E-state index is 0.193. The highest BCUT2D eigenvalue weighted by molar-refractivity contribution is 7.89. The van der Waals surface area contributed by atoms with Gasteiger partial charge in [0.2, 0.25) is 10.0 Å². The second-order valence-corrected chi connectivity index (χ2v) is 7.63. The Labute approximate surface area is 124 Å². The molecule has 1 fully saturated rings. The number of ether oxygens (including phenoxy) is 1. The Balaban J connectivity index is 2.42. The molecule has 1 heterocycles. The average Bonchev–Trinajstić information content (AvgIpc) is 2.37. The third-order valence-corrected chi connectivity index (χ3v) is 5.84. The van der Waals surface area contributed by atoms with E-state index in [9.17, 15) is 8.42 Å². The van der Waals surface area contributed by atoms with Gasteiger partial charge in [-0.05, 0) is 32.0 Å². The highest BCUT2D eigenvalue weighted by Crippen LogP contribution is 2.31. The van der Waals surface area contributed by atoms with Crippen LogP contribution in [0, 0.1) is 0 Å². The molecule has 20 heavy (non-hydrogen) atoms. The molecule has 5 nitrogen and oxygen atoms in total. The lowest BCUT2D eigenvalue weighted by Gasteiger charge is -2.41. The number of hydrogen-bond acceptors (Lipinski definition) is 4. The van der Waals surface area contributed by atoms with Gasteiger partial charge < -0.3 is 10.1 Å². The van der Waals surface area contributed by atoms with Crippen LogP contribution in [0.3, 0.4) is 0 Å². The van der Waals surface area contributed by atoms with Gasteiger partial charge in [-0.25, -0.2) is 8.42 Å². The maximum atomic E-state index is 12.8. The van der Waals surface area contributed by atoms with Gasteiger partial charge in [0.1, 0.15) is 5.75 Å². The molecule has 0 unspecified atom stereocenters. The van der Waals surface area contributed by atoms with Gasteiger partial charge in [0.05, 0.1) is 17.0 Å². The summed E-state index contributed by atoms with van der Waals surface area (Å²) < 4.78 is 32.1. The molecule has 0 spiro atoms. The predicted molar refractivity (Wildman–Crippen MR) is 78.8 cm³/mol. The van der Waals surface area contributed by atoms with E-state index in [-0.39, 0.29) is 4.90 Å². The van der Waals surface area contributed by atoms with E-state index in [1.807, 2.05) is 13.8 Å². The van der Waals surface area contributed by atoms with Crippen molar-refractivity contribution in [3.63, 3.8) is 0 Å². The van der Waals surface area contributed by atoms with Crippen LogP contribution in [0.1, 0.15) is 13.8 Å². The molecule has 7 heteroatoms. The van der Waals surface area contributed by atoms with E-state index in [0.717, 1.165) is 0 Å². The Morgan fingerprint density at radius 2 is 2.10 bits per heavy atom. The standard InChI is InChI=1S/C13H19ClN2O3S/c1-13(2)9-15-6-7-16(13)20(17,18)10-4-5-12(19-3)11(14)8-10/h4-5,8,15H,6-7,9H2,1-3H3. The molecule has 2 rings (SSSR count). The summed E-state index contributed by atoms with van der Waals surface area (Å²) in [5.74, 6) is 0.463. The number of hydrogen-bond donors (Lipinski definition) is 1. The summed E-state index contributed by atoms with van der Waals surface area (Å²) >= 11 is 6.03. The Kier molecular flexibility index (Phi) is 4.30. The van der Waals surface area contributed by atoms with Crippen LogP contribution >= 0.6 is 11.6 Å². The topological polar surface area (TPSA) is 58.6 Å². The summed E-state index contributed by atoms with van der Waals surface area (Å²) in [7, 11) is -2.07. The molecule has 1 aromatic rings. The minimum atomic E-state index is -3.56. The molecule has 1 N–H and O–H groups in total. The second-order valence-electron chi connectivity index (χ2n) is 5.36. The smallest absolute Gasteiger partial charge is 0.243 e. The van der Waals surface area contributed by atoms with E-state index >= 15 is 0 Å². The lowest BCUT2D eigenvalue weighted by atomic mass is 10.0. The molecule has 1 aromatic carbocycles. The predicted octanol–water partition coefficient (Wildman–Crippen LogP) is 1.72. The Morgan fingerprint density at radius 1 is 1.40 bits per heavy atom. The Hall–Kier alpha value is -0.820. The first-order valence-electron chi connectivity index (χ1n) is 6.36. The van der Waals surface area contributed by atoms with Gasteiger partial charge in [-0.2, -0.15) is 4.31 Å². The second kappa shape index (κ2) is 5.52. The van der Waals surface area contributed by atoms with E-state index in [2.05, 4.69) is 5.32 Å². The van der Waals surface area contributed by atoms with Crippen molar-refractivity contribution in [1.29, 1.82) is 0 Å². The van der Waals surface area contributed by atoms with Gasteiger partial charge in [-0.15, -0.1) is 0 Å². The van der Waals surface area contributed by atoms with Crippen molar-refractivity contribution in [2.75, 3.05) is 26.7 Å². The van der Waals surface area contributed by atoms with Crippen LogP contribution in [-0.2, 0) is 10.0 Å². The maximum absolute atomic E-state index is 12.8. The maximum Gasteiger partial charge on any atom is 0.243 e. The van der Waals surface area contributed by atoms with Crippen LogP contribution in [0.5, 0.6) is 5.75 Å². The molecule has 0 atom stereocenters. The molecule has 0 amide bonds. The Morgan fingerprint density at radius 3 is 2.65 bits per heavy atom. The molecule has 0 saturated carbocycles. The van der Waals surface area contributed by atoms with Crippen LogP contribution in [0.2, 0.25) is 5.02 Å². The summed E-state index contributed by atoms with van der Waals surface area (Å²) in [4.78, 5) is 0.193. The fourth-order valence-corrected chi connectivity index (χ4v) is 4.48. The quantitative estimate of drug-likeness (QED) is 0.922. The first-order valence-corrected chi connectivity index (χ1v) is 8.18. The number of halogens is 1. The molecule has 1 aliphatic rings. The third kappa shape index (κ3) is 2.79. The number of methoxy groups -OCH3 is 1. The van der Waals surface area contributed by atoms with Crippen LogP contribution in [0.4, 0.5) is 0 Å². The van der Waals surface area contributed by atoms with Crippen molar-refractivity contribution in [3.05, 3.63) is 23.2 Å². The van der Waals surface area contributed by atoms with Crippen LogP contribution in [-0.4, -0.2) is 45.0 Å². The van der Waals surface area contributed by atoms with Crippen molar-refractivity contribution in [1.82, 2.24) is 9.62 Å². The number of rotatable bonds is 3. The van der Waals surface area contributed by atoms with E-state index in [0.29, 0.717) is 30.4 Å². The van der Waals surface area contributed by atoms with Crippen molar-refractivity contribution in [3.8, 4) is 5.75 Å². The number of piperazine rings is 1. The van der Waals surface area contributed by atoms with Gasteiger partial charge in [0.15, 0.2) is 0 Å². The number of benzene rings is 1. The summed E-state index contributed by atoms with van der Waals surface area (Å²) in [5, 5.41) is 3.50. The summed E-state index contributed by atoms with van der Waals surface area (Å²) in [6, 6.07) is 4.54. The molecule has 1 aliphatic heterocycles. The zero-order chi connectivity index (χ0) is 15.0. The molecule has 0 bridgehead atoms. The van der Waals surface area contributed by atoms with E-state index in [1.54, 1.807) is 6.07 Å². The monoisotopic (exact) mass is 318 g/mol. The van der Waals surface area contributed by atoms with Gasteiger partial charge >= 0.3 is 0 Å².